The minimum atomic E-state index is -0.391. The lowest BCUT2D eigenvalue weighted by Crippen LogP contribution is -2.37. The Morgan fingerprint density at radius 1 is 1.31 bits per heavy atom. The van der Waals surface area contributed by atoms with Gasteiger partial charge in [0, 0.05) is 19.1 Å². The molecular weight excluding hydrogens is 337 g/mol. The van der Waals surface area contributed by atoms with Crippen LogP contribution in [0.5, 0.6) is 0 Å². The zero-order valence-corrected chi connectivity index (χ0v) is 15.1. The topological polar surface area (TPSA) is 77.2 Å². The van der Waals surface area contributed by atoms with E-state index in [1.807, 2.05) is 13.8 Å². The number of nitrogens with one attached hydrogen (secondary N) is 1. The molecule has 0 bridgehead atoms. The zero-order chi connectivity index (χ0) is 18.5. The molecule has 0 spiro atoms. The van der Waals surface area contributed by atoms with Crippen molar-refractivity contribution in [3.8, 4) is 0 Å². The van der Waals surface area contributed by atoms with Gasteiger partial charge >= 0.3 is 0 Å². The molecule has 1 amide bonds. The second kappa shape index (κ2) is 8.40. The molecule has 0 aliphatic carbocycles. The number of hydrogen-bond acceptors (Lipinski definition) is 5. The lowest BCUT2D eigenvalue weighted by molar-refractivity contribution is -0.122. The zero-order valence-electron chi connectivity index (χ0n) is 15.1. The quantitative estimate of drug-likeness (QED) is 0.855. The molecule has 0 unspecified atom stereocenters. The molecule has 3 rings (SSSR count). The normalized spacial score (nSPS) is 16.6. The van der Waals surface area contributed by atoms with Gasteiger partial charge in [0.15, 0.2) is 5.82 Å². The van der Waals surface area contributed by atoms with Crippen LogP contribution < -0.4 is 5.32 Å². The largest absolute Gasteiger partial charge is 0.381 e. The highest BCUT2D eigenvalue weighted by molar-refractivity contribution is 5.79. The predicted molar refractivity (Wildman–Crippen MR) is 92.9 cm³/mol. The number of hydrogen-bond donors (Lipinski definition) is 1. The van der Waals surface area contributed by atoms with Crippen LogP contribution in [0.25, 0.3) is 0 Å². The molecule has 140 valence electrons. The van der Waals surface area contributed by atoms with E-state index >= 15 is 0 Å². The minimum absolute atomic E-state index is 0.0302. The summed E-state index contributed by atoms with van der Waals surface area (Å²) in [5.41, 5.74) is 0.365. The van der Waals surface area contributed by atoms with E-state index in [2.05, 4.69) is 15.5 Å². The lowest BCUT2D eigenvalue weighted by Gasteiger charge is -2.28. The van der Waals surface area contributed by atoms with Gasteiger partial charge in [0.25, 0.3) is 0 Å². The van der Waals surface area contributed by atoms with Crippen LogP contribution in [-0.2, 0) is 16.0 Å². The van der Waals surface area contributed by atoms with Gasteiger partial charge in [0.05, 0.1) is 6.42 Å². The van der Waals surface area contributed by atoms with E-state index in [1.165, 1.54) is 6.07 Å². The highest BCUT2D eigenvalue weighted by Gasteiger charge is 2.31. The summed E-state index contributed by atoms with van der Waals surface area (Å²) in [5, 5.41) is 6.98. The maximum atomic E-state index is 13.8. The number of carbonyl (C=O) groups excluding carboxylic acids is 1. The number of nitrogens with zero attached hydrogens (tertiary/aromatic N) is 2. The summed E-state index contributed by atoms with van der Waals surface area (Å²) in [5.74, 6) is 0.648. The van der Waals surface area contributed by atoms with Crippen LogP contribution in [0.15, 0.2) is 28.8 Å². The SMILES string of the molecule is CC(C)c1noc([C@@H](NC(=O)Cc2ccccc2F)C2CCOCC2)n1. The number of rotatable bonds is 6. The Hall–Kier alpha value is -2.28. The van der Waals surface area contributed by atoms with Gasteiger partial charge in [-0.15, -0.1) is 0 Å². The molecular formula is C19H24FN3O3. The predicted octanol–water partition coefficient (Wildman–Crippen LogP) is 3.16. The van der Waals surface area contributed by atoms with Crippen molar-refractivity contribution < 1.29 is 18.4 Å². The number of halogens is 1. The van der Waals surface area contributed by atoms with Crippen LogP contribution in [0.4, 0.5) is 4.39 Å². The average Bonchev–Trinajstić information content (AvgIpc) is 3.12. The third kappa shape index (κ3) is 4.46. The van der Waals surface area contributed by atoms with Gasteiger partial charge in [-0.25, -0.2) is 4.39 Å². The summed E-state index contributed by atoms with van der Waals surface area (Å²) >= 11 is 0. The molecule has 1 N–H and O–H groups in total. The first-order valence-electron chi connectivity index (χ1n) is 8.98. The third-order valence-electron chi connectivity index (χ3n) is 4.60. The molecule has 1 atom stereocenters. The molecule has 2 heterocycles. The van der Waals surface area contributed by atoms with E-state index in [0.717, 1.165) is 12.8 Å². The fourth-order valence-electron chi connectivity index (χ4n) is 3.08. The van der Waals surface area contributed by atoms with Crippen molar-refractivity contribution in [2.45, 2.75) is 45.1 Å². The minimum Gasteiger partial charge on any atom is -0.381 e. The fraction of sp³-hybridized carbons (Fsp3) is 0.526. The second-order valence-electron chi connectivity index (χ2n) is 6.91. The molecule has 1 aromatic carbocycles. The van der Waals surface area contributed by atoms with Crippen molar-refractivity contribution in [2.75, 3.05) is 13.2 Å². The summed E-state index contributed by atoms with van der Waals surface area (Å²) in [6.45, 7) is 5.23. The Bertz CT molecular complexity index is 741. The molecule has 0 saturated carbocycles. The van der Waals surface area contributed by atoms with E-state index in [-0.39, 0.29) is 30.0 Å². The summed E-state index contributed by atoms with van der Waals surface area (Å²) in [4.78, 5) is 17.0. The molecule has 1 aliphatic heterocycles. The summed E-state index contributed by atoms with van der Waals surface area (Å²) in [7, 11) is 0. The highest BCUT2D eigenvalue weighted by atomic mass is 19.1. The summed E-state index contributed by atoms with van der Waals surface area (Å²) in [6, 6.07) is 5.90. The molecule has 1 aromatic heterocycles. The Labute approximate surface area is 152 Å². The van der Waals surface area contributed by atoms with E-state index in [4.69, 9.17) is 9.26 Å². The third-order valence-corrected chi connectivity index (χ3v) is 4.60. The van der Waals surface area contributed by atoms with Crippen molar-refractivity contribution in [3.05, 3.63) is 47.4 Å². The molecule has 6 nitrogen and oxygen atoms in total. The van der Waals surface area contributed by atoms with E-state index in [9.17, 15) is 9.18 Å². The van der Waals surface area contributed by atoms with Crippen LogP contribution in [-0.4, -0.2) is 29.3 Å². The van der Waals surface area contributed by atoms with Gasteiger partial charge in [0.1, 0.15) is 11.9 Å². The maximum absolute atomic E-state index is 13.8. The van der Waals surface area contributed by atoms with Crippen LogP contribution in [0.2, 0.25) is 0 Å². The van der Waals surface area contributed by atoms with Crippen molar-refractivity contribution >= 4 is 5.91 Å². The first kappa shape index (κ1) is 18.5. The van der Waals surface area contributed by atoms with Gasteiger partial charge in [-0.1, -0.05) is 37.2 Å². The number of aromatic nitrogens is 2. The van der Waals surface area contributed by atoms with E-state index in [0.29, 0.717) is 30.5 Å². The fourth-order valence-corrected chi connectivity index (χ4v) is 3.08. The van der Waals surface area contributed by atoms with Crippen molar-refractivity contribution in [3.63, 3.8) is 0 Å². The second-order valence-corrected chi connectivity index (χ2v) is 6.91. The first-order valence-corrected chi connectivity index (χ1v) is 8.98. The van der Waals surface area contributed by atoms with Crippen LogP contribution in [0.3, 0.4) is 0 Å². The van der Waals surface area contributed by atoms with E-state index < -0.39 is 6.04 Å². The Morgan fingerprint density at radius 3 is 2.69 bits per heavy atom. The Kier molecular flexibility index (Phi) is 5.98. The Balaban J connectivity index is 1.76. The van der Waals surface area contributed by atoms with Gasteiger partial charge in [-0.05, 0) is 30.4 Å². The molecule has 1 fully saturated rings. The molecule has 1 aliphatic rings. The van der Waals surface area contributed by atoms with Crippen molar-refractivity contribution in [1.29, 1.82) is 0 Å². The Morgan fingerprint density at radius 2 is 2.04 bits per heavy atom. The number of ether oxygens (including phenoxy) is 1. The number of amides is 1. The van der Waals surface area contributed by atoms with Crippen LogP contribution >= 0.6 is 0 Å². The van der Waals surface area contributed by atoms with Gasteiger partial charge in [0.2, 0.25) is 11.8 Å². The van der Waals surface area contributed by atoms with Gasteiger partial charge in [-0.3, -0.25) is 4.79 Å². The monoisotopic (exact) mass is 361 g/mol. The lowest BCUT2D eigenvalue weighted by atomic mass is 9.91. The first-order chi connectivity index (χ1) is 12.5. The van der Waals surface area contributed by atoms with Crippen molar-refractivity contribution in [2.24, 2.45) is 5.92 Å². The number of benzene rings is 1. The van der Waals surface area contributed by atoms with Crippen LogP contribution in [0.1, 0.15) is 55.9 Å². The molecule has 0 radical (unpaired) electrons. The number of carbonyl (C=O) groups is 1. The molecule has 2 aromatic rings. The van der Waals surface area contributed by atoms with E-state index in [1.54, 1.807) is 18.2 Å². The maximum Gasteiger partial charge on any atom is 0.249 e. The summed E-state index contributed by atoms with van der Waals surface area (Å²) in [6.07, 6.45) is 1.56. The standard InChI is InChI=1S/C19H24FN3O3/c1-12(2)18-22-19(26-23-18)17(13-7-9-25-10-8-13)21-16(24)11-14-5-3-4-6-15(14)20/h3-6,12-13,17H,7-11H2,1-2H3,(H,21,24)/t17-/m0/s1. The molecule has 7 heteroatoms. The van der Waals surface area contributed by atoms with Gasteiger partial charge < -0.3 is 14.6 Å². The summed E-state index contributed by atoms with van der Waals surface area (Å²) < 4.78 is 24.7. The molecule has 1 saturated heterocycles. The smallest absolute Gasteiger partial charge is 0.249 e. The van der Waals surface area contributed by atoms with Crippen molar-refractivity contribution in [1.82, 2.24) is 15.5 Å². The van der Waals surface area contributed by atoms with Gasteiger partial charge in [-0.2, -0.15) is 4.98 Å². The van der Waals surface area contributed by atoms with Crippen LogP contribution in [0, 0.1) is 11.7 Å². The average molecular weight is 361 g/mol. The highest BCUT2D eigenvalue weighted by Crippen LogP contribution is 2.30. The molecule has 26 heavy (non-hydrogen) atoms.